The number of esters is 1. The summed E-state index contributed by atoms with van der Waals surface area (Å²) in [5, 5.41) is 12.8. The number of piperazine rings is 1. The molecule has 1 saturated heterocycles. The highest BCUT2D eigenvalue weighted by molar-refractivity contribution is 6.62. The van der Waals surface area contributed by atoms with Crippen LogP contribution in [0.15, 0.2) is 12.1 Å². The number of nitrogens with one attached hydrogen (secondary N) is 1. The van der Waals surface area contributed by atoms with E-state index < -0.39 is 19.1 Å². The Morgan fingerprint density at radius 1 is 1.27 bits per heavy atom. The molecule has 2 heterocycles. The van der Waals surface area contributed by atoms with Crippen molar-refractivity contribution in [1.82, 2.24) is 15.1 Å². The Bertz CT molecular complexity index is 780. The average molecular weight is 417 g/mol. The van der Waals surface area contributed by atoms with Gasteiger partial charge in [-0.15, -0.1) is 0 Å². The topological polar surface area (TPSA) is 91.3 Å². The normalized spacial score (nSPS) is 18.4. The molecular weight excluding hydrogens is 385 g/mol. The van der Waals surface area contributed by atoms with Gasteiger partial charge in [-0.3, -0.25) is 9.69 Å². The van der Waals surface area contributed by atoms with Crippen molar-refractivity contribution in [3.63, 3.8) is 0 Å². The first-order chi connectivity index (χ1) is 14.3. The van der Waals surface area contributed by atoms with Crippen molar-refractivity contribution >= 4 is 24.5 Å². The average Bonchev–Trinajstić information content (AvgIpc) is 3.09. The molecule has 1 fully saturated rings. The van der Waals surface area contributed by atoms with Crippen LogP contribution in [0.25, 0.3) is 0 Å². The fourth-order valence-electron chi connectivity index (χ4n) is 3.91. The van der Waals surface area contributed by atoms with Crippen molar-refractivity contribution in [3.8, 4) is 0 Å². The Morgan fingerprint density at radius 3 is 2.63 bits per heavy atom. The van der Waals surface area contributed by atoms with Gasteiger partial charge in [-0.05, 0) is 42.5 Å². The highest BCUT2D eigenvalue weighted by atomic mass is 16.5. The zero-order chi connectivity index (χ0) is 21.8. The number of amides is 1. The minimum atomic E-state index is -1.02. The van der Waals surface area contributed by atoms with E-state index in [1.165, 1.54) is 0 Å². The van der Waals surface area contributed by atoms with E-state index in [1.54, 1.807) is 19.1 Å². The maximum Gasteiger partial charge on any atom is 0.492 e. The summed E-state index contributed by atoms with van der Waals surface area (Å²) in [6, 6.07) is 2.76. The van der Waals surface area contributed by atoms with Crippen molar-refractivity contribution in [1.29, 1.82) is 0 Å². The largest absolute Gasteiger partial charge is 0.492 e. The molecule has 1 aromatic rings. The van der Waals surface area contributed by atoms with Gasteiger partial charge in [0.1, 0.15) is 12.6 Å². The van der Waals surface area contributed by atoms with Crippen LogP contribution in [-0.2, 0) is 20.8 Å². The monoisotopic (exact) mass is 417 g/mol. The number of likely N-dealkylation sites (N-methyl/N-ethyl adjacent to an activating group) is 1. The standard InChI is InChI=1S/C21H32BN3O5/c1-14(2)19(21(27)29-12-11-25-9-7-24(4)8-10-25)23-20(26)17-6-5-16-13-30-22(28)18(16)15(17)3/h5-6,14,19,28H,7-13H2,1-4H3,(H,23,26). The molecule has 0 spiro atoms. The first-order valence-corrected chi connectivity index (χ1v) is 10.6. The summed E-state index contributed by atoms with van der Waals surface area (Å²) >= 11 is 0. The van der Waals surface area contributed by atoms with E-state index in [2.05, 4.69) is 22.2 Å². The van der Waals surface area contributed by atoms with Gasteiger partial charge < -0.3 is 24.6 Å². The van der Waals surface area contributed by atoms with Crippen LogP contribution in [0.2, 0.25) is 0 Å². The molecule has 9 heteroatoms. The lowest BCUT2D eigenvalue weighted by Crippen LogP contribution is -2.48. The minimum Gasteiger partial charge on any atom is -0.463 e. The van der Waals surface area contributed by atoms with E-state index in [0.29, 0.717) is 36.3 Å². The molecule has 2 N–H and O–H groups in total. The fraction of sp³-hybridized carbons (Fsp3) is 0.619. The molecule has 0 saturated carbocycles. The second kappa shape index (κ2) is 9.91. The number of carbonyl (C=O) groups is 2. The van der Waals surface area contributed by atoms with E-state index in [1.807, 2.05) is 13.8 Å². The van der Waals surface area contributed by atoms with Gasteiger partial charge in [0.25, 0.3) is 5.91 Å². The second-order valence-electron chi connectivity index (χ2n) is 8.48. The summed E-state index contributed by atoms with van der Waals surface area (Å²) in [7, 11) is 1.08. The van der Waals surface area contributed by atoms with Crippen LogP contribution in [0.3, 0.4) is 0 Å². The Hall–Kier alpha value is -1.94. The van der Waals surface area contributed by atoms with Gasteiger partial charge in [-0.2, -0.15) is 0 Å². The van der Waals surface area contributed by atoms with Gasteiger partial charge >= 0.3 is 13.1 Å². The van der Waals surface area contributed by atoms with Crippen molar-refractivity contribution in [2.45, 2.75) is 33.4 Å². The van der Waals surface area contributed by atoms with E-state index in [-0.39, 0.29) is 11.8 Å². The quantitative estimate of drug-likeness (QED) is 0.467. The third-order valence-electron chi connectivity index (χ3n) is 5.95. The van der Waals surface area contributed by atoms with Crippen LogP contribution < -0.4 is 10.8 Å². The van der Waals surface area contributed by atoms with Gasteiger partial charge in [0.05, 0.1) is 6.61 Å². The number of ether oxygens (including phenoxy) is 1. The van der Waals surface area contributed by atoms with Crippen LogP contribution in [0.4, 0.5) is 0 Å². The first-order valence-electron chi connectivity index (χ1n) is 10.6. The molecule has 30 heavy (non-hydrogen) atoms. The number of carbonyl (C=O) groups excluding carboxylic acids is 2. The molecule has 8 nitrogen and oxygen atoms in total. The fourth-order valence-corrected chi connectivity index (χ4v) is 3.91. The van der Waals surface area contributed by atoms with Crippen LogP contribution in [0, 0.1) is 12.8 Å². The predicted molar refractivity (Wildman–Crippen MR) is 115 cm³/mol. The predicted octanol–water partition coefficient (Wildman–Crippen LogP) is -0.242. The molecule has 3 rings (SSSR count). The van der Waals surface area contributed by atoms with Gasteiger partial charge in [0, 0.05) is 38.3 Å². The summed E-state index contributed by atoms with van der Waals surface area (Å²) in [6.07, 6.45) is 0. The molecule has 1 amide bonds. The lowest BCUT2D eigenvalue weighted by Gasteiger charge is -2.32. The molecule has 0 aliphatic carbocycles. The summed E-state index contributed by atoms with van der Waals surface area (Å²) in [6.45, 7) is 10.8. The molecule has 2 aliphatic rings. The third kappa shape index (κ3) is 5.21. The Balaban J connectivity index is 1.58. The van der Waals surface area contributed by atoms with E-state index in [9.17, 15) is 14.6 Å². The molecule has 0 aromatic heterocycles. The lowest BCUT2D eigenvalue weighted by molar-refractivity contribution is -0.147. The molecule has 1 atom stereocenters. The molecule has 0 radical (unpaired) electrons. The lowest BCUT2D eigenvalue weighted by atomic mass is 9.75. The van der Waals surface area contributed by atoms with Gasteiger partial charge in [0.2, 0.25) is 0 Å². The second-order valence-corrected chi connectivity index (χ2v) is 8.48. The van der Waals surface area contributed by atoms with Crippen molar-refractivity contribution in [3.05, 3.63) is 28.8 Å². The van der Waals surface area contributed by atoms with Crippen LogP contribution in [0.5, 0.6) is 0 Å². The van der Waals surface area contributed by atoms with E-state index in [0.717, 1.165) is 31.7 Å². The Kier molecular flexibility index (Phi) is 7.52. The molecule has 1 aromatic carbocycles. The summed E-state index contributed by atoms with van der Waals surface area (Å²) in [4.78, 5) is 30.1. The molecule has 2 aliphatic heterocycles. The van der Waals surface area contributed by atoms with E-state index >= 15 is 0 Å². The number of hydrogen-bond donors (Lipinski definition) is 2. The number of benzene rings is 1. The molecule has 164 valence electrons. The van der Waals surface area contributed by atoms with Gasteiger partial charge in [0.15, 0.2) is 0 Å². The summed E-state index contributed by atoms with van der Waals surface area (Å²) < 4.78 is 10.7. The number of rotatable bonds is 7. The number of fused-ring (bicyclic) bond motifs is 1. The highest BCUT2D eigenvalue weighted by Gasteiger charge is 2.32. The number of nitrogens with zero attached hydrogens (tertiary/aromatic N) is 2. The molecule has 1 unspecified atom stereocenters. The summed E-state index contributed by atoms with van der Waals surface area (Å²) in [5.41, 5.74) is 2.61. The van der Waals surface area contributed by atoms with Crippen LogP contribution >= 0.6 is 0 Å². The first kappa shape index (κ1) is 22.7. The van der Waals surface area contributed by atoms with Gasteiger partial charge in [-0.25, -0.2) is 4.79 Å². The number of hydrogen-bond acceptors (Lipinski definition) is 7. The van der Waals surface area contributed by atoms with E-state index in [4.69, 9.17) is 9.39 Å². The molecular formula is C21H32BN3O5. The smallest absolute Gasteiger partial charge is 0.463 e. The van der Waals surface area contributed by atoms with Crippen molar-refractivity contribution in [2.75, 3.05) is 46.4 Å². The maximum atomic E-state index is 12.9. The SMILES string of the molecule is Cc1c(C(=O)NC(C(=O)OCCN2CCN(C)CC2)C(C)C)ccc2c1B(O)OC2. The van der Waals surface area contributed by atoms with Crippen molar-refractivity contribution in [2.24, 2.45) is 5.92 Å². The maximum absolute atomic E-state index is 12.9. The van der Waals surface area contributed by atoms with Crippen LogP contribution in [-0.4, -0.2) is 86.2 Å². The zero-order valence-corrected chi connectivity index (χ0v) is 18.3. The van der Waals surface area contributed by atoms with Crippen molar-refractivity contribution < 1.29 is 24.0 Å². The molecule has 0 bridgehead atoms. The van der Waals surface area contributed by atoms with Crippen LogP contribution in [0.1, 0.15) is 35.3 Å². The Morgan fingerprint density at radius 2 is 1.97 bits per heavy atom. The zero-order valence-electron chi connectivity index (χ0n) is 18.3. The minimum absolute atomic E-state index is 0.117. The third-order valence-corrected chi connectivity index (χ3v) is 5.95. The summed E-state index contributed by atoms with van der Waals surface area (Å²) in [5.74, 6) is -0.896. The Labute approximate surface area is 178 Å². The highest BCUT2D eigenvalue weighted by Crippen LogP contribution is 2.17. The van der Waals surface area contributed by atoms with Gasteiger partial charge in [-0.1, -0.05) is 19.9 Å².